The fraction of sp³-hybridized carbons (Fsp3) is 0.222. The lowest BCUT2D eigenvalue weighted by molar-refractivity contribution is -0.120. The average Bonchev–Trinajstić information content (AvgIpc) is 3.07. The molecule has 25 heavy (non-hydrogen) atoms. The Morgan fingerprint density at radius 1 is 1.16 bits per heavy atom. The molecule has 0 aliphatic carbocycles. The zero-order valence-corrected chi connectivity index (χ0v) is 13.7. The minimum atomic E-state index is -0.544. The molecule has 130 valence electrons. The van der Waals surface area contributed by atoms with Crippen LogP contribution in [0, 0.1) is 0 Å². The molecule has 2 amide bonds. The van der Waals surface area contributed by atoms with Gasteiger partial charge >= 0.3 is 0 Å². The normalized spacial score (nSPS) is 13.2. The number of para-hydroxylation sites is 1. The summed E-state index contributed by atoms with van der Waals surface area (Å²) < 4.78 is 10.6. The number of nitrogens with two attached hydrogens (primary N) is 1. The lowest BCUT2D eigenvalue weighted by Gasteiger charge is -2.16. The number of nitrogens with one attached hydrogen (secondary N) is 2. The Morgan fingerprint density at radius 2 is 1.92 bits per heavy atom. The first-order chi connectivity index (χ1) is 12.0. The van der Waals surface area contributed by atoms with Crippen molar-refractivity contribution in [2.24, 2.45) is 5.73 Å². The van der Waals surface area contributed by atoms with Gasteiger partial charge in [0.25, 0.3) is 5.91 Å². The van der Waals surface area contributed by atoms with Gasteiger partial charge in [-0.1, -0.05) is 18.2 Å². The smallest absolute Gasteiger partial charge is 0.250 e. The van der Waals surface area contributed by atoms with Crippen LogP contribution in [0.15, 0.2) is 42.5 Å². The summed E-state index contributed by atoms with van der Waals surface area (Å²) in [6.07, 6.45) is 0. The van der Waals surface area contributed by atoms with E-state index in [1.807, 2.05) is 25.1 Å². The van der Waals surface area contributed by atoms with E-state index in [0.717, 1.165) is 5.56 Å². The maximum Gasteiger partial charge on any atom is 0.250 e. The zero-order valence-electron chi connectivity index (χ0n) is 13.7. The molecule has 1 atom stereocenters. The van der Waals surface area contributed by atoms with Crippen LogP contribution in [0.1, 0.15) is 28.9 Å². The summed E-state index contributed by atoms with van der Waals surface area (Å²) in [6, 6.07) is 12.1. The molecule has 7 nitrogen and oxygen atoms in total. The largest absolute Gasteiger partial charge is 0.454 e. The van der Waals surface area contributed by atoms with Gasteiger partial charge in [-0.2, -0.15) is 0 Å². The Balaban J connectivity index is 1.58. The molecule has 0 unspecified atom stereocenters. The van der Waals surface area contributed by atoms with Crippen LogP contribution < -0.4 is 25.8 Å². The van der Waals surface area contributed by atoms with Crippen LogP contribution in [-0.4, -0.2) is 25.2 Å². The van der Waals surface area contributed by atoms with Gasteiger partial charge in [0, 0.05) is 5.69 Å². The maximum atomic E-state index is 12.2. The van der Waals surface area contributed by atoms with Gasteiger partial charge in [0.15, 0.2) is 11.5 Å². The van der Waals surface area contributed by atoms with Gasteiger partial charge in [0.05, 0.1) is 18.2 Å². The number of anilines is 1. The number of carbonyl (C=O) groups is 2. The highest BCUT2D eigenvalue weighted by molar-refractivity contribution is 5.99. The number of benzene rings is 2. The molecule has 1 aliphatic heterocycles. The maximum absolute atomic E-state index is 12.2. The van der Waals surface area contributed by atoms with Gasteiger partial charge in [-0.15, -0.1) is 0 Å². The number of fused-ring (bicyclic) bond motifs is 1. The van der Waals surface area contributed by atoms with Crippen molar-refractivity contribution in [1.82, 2.24) is 5.32 Å². The molecule has 1 aliphatic rings. The van der Waals surface area contributed by atoms with Crippen LogP contribution in [0.3, 0.4) is 0 Å². The molecule has 2 aromatic carbocycles. The molecule has 0 spiro atoms. The molecule has 0 saturated heterocycles. The second kappa shape index (κ2) is 7.12. The van der Waals surface area contributed by atoms with Crippen molar-refractivity contribution in [2.45, 2.75) is 13.0 Å². The molecule has 7 heteroatoms. The van der Waals surface area contributed by atoms with E-state index in [-0.39, 0.29) is 25.3 Å². The SMILES string of the molecule is C[C@@H](NC(=O)CNc1ccccc1C(N)=O)c1ccc2c(c1)OCO2. The summed E-state index contributed by atoms with van der Waals surface area (Å²) in [4.78, 5) is 23.6. The summed E-state index contributed by atoms with van der Waals surface area (Å²) >= 11 is 0. The highest BCUT2D eigenvalue weighted by Gasteiger charge is 2.17. The Bertz CT molecular complexity index is 807. The van der Waals surface area contributed by atoms with Crippen molar-refractivity contribution < 1.29 is 19.1 Å². The van der Waals surface area contributed by atoms with Crippen molar-refractivity contribution in [2.75, 3.05) is 18.7 Å². The molecule has 0 radical (unpaired) electrons. The van der Waals surface area contributed by atoms with Crippen LogP contribution in [0.5, 0.6) is 11.5 Å². The standard InChI is InChI=1S/C18H19N3O4/c1-11(12-6-7-15-16(8-12)25-10-24-15)21-17(22)9-20-14-5-3-2-4-13(14)18(19)23/h2-8,11,20H,9-10H2,1H3,(H2,19,23)(H,21,22)/t11-/m1/s1. The molecule has 0 bridgehead atoms. The number of amides is 2. The van der Waals surface area contributed by atoms with E-state index in [1.165, 1.54) is 0 Å². The van der Waals surface area contributed by atoms with Crippen LogP contribution in [0.2, 0.25) is 0 Å². The molecule has 0 fully saturated rings. The number of ether oxygens (including phenoxy) is 2. The van der Waals surface area contributed by atoms with Crippen molar-refractivity contribution in [3.05, 3.63) is 53.6 Å². The zero-order chi connectivity index (χ0) is 17.8. The third-order valence-corrected chi connectivity index (χ3v) is 3.91. The van der Waals surface area contributed by atoms with Crippen LogP contribution in [0.25, 0.3) is 0 Å². The van der Waals surface area contributed by atoms with Gasteiger partial charge in [-0.3, -0.25) is 9.59 Å². The summed E-state index contributed by atoms with van der Waals surface area (Å²) in [5.74, 6) is 0.626. The number of hydrogen-bond donors (Lipinski definition) is 3. The minimum Gasteiger partial charge on any atom is -0.454 e. The predicted octanol–water partition coefficient (Wildman–Crippen LogP) is 1.80. The van der Waals surface area contributed by atoms with Crippen LogP contribution in [0.4, 0.5) is 5.69 Å². The van der Waals surface area contributed by atoms with Crippen LogP contribution in [-0.2, 0) is 4.79 Å². The fourth-order valence-electron chi connectivity index (χ4n) is 2.59. The number of rotatable bonds is 6. The lowest BCUT2D eigenvalue weighted by Crippen LogP contribution is -2.32. The molecular weight excluding hydrogens is 322 g/mol. The quantitative estimate of drug-likeness (QED) is 0.743. The Kier molecular flexibility index (Phi) is 4.74. The highest BCUT2D eigenvalue weighted by Crippen LogP contribution is 2.34. The van der Waals surface area contributed by atoms with E-state index in [2.05, 4.69) is 10.6 Å². The van der Waals surface area contributed by atoms with Crippen molar-refractivity contribution in [1.29, 1.82) is 0 Å². The van der Waals surface area contributed by atoms with Gasteiger partial charge < -0.3 is 25.8 Å². The third kappa shape index (κ3) is 3.82. The molecule has 0 aromatic heterocycles. The molecule has 1 heterocycles. The van der Waals surface area contributed by atoms with E-state index in [9.17, 15) is 9.59 Å². The molecule has 2 aromatic rings. The molecule has 3 rings (SSSR count). The van der Waals surface area contributed by atoms with Crippen molar-refractivity contribution >= 4 is 17.5 Å². The van der Waals surface area contributed by atoms with Crippen LogP contribution >= 0.6 is 0 Å². The Hall–Kier alpha value is -3.22. The first kappa shape index (κ1) is 16.6. The molecule has 0 saturated carbocycles. The van der Waals surface area contributed by atoms with E-state index >= 15 is 0 Å². The number of carbonyl (C=O) groups excluding carboxylic acids is 2. The first-order valence-electron chi connectivity index (χ1n) is 7.86. The van der Waals surface area contributed by atoms with E-state index in [0.29, 0.717) is 22.7 Å². The van der Waals surface area contributed by atoms with Gasteiger partial charge in [0.2, 0.25) is 12.7 Å². The minimum absolute atomic E-state index is 0.0270. The van der Waals surface area contributed by atoms with Gasteiger partial charge in [0.1, 0.15) is 0 Å². The molecular formula is C18H19N3O4. The summed E-state index contributed by atoms with van der Waals surface area (Å²) in [5.41, 5.74) is 7.11. The fourth-order valence-corrected chi connectivity index (χ4v) is 2.59. The lowest BCUT2D eigenvalue weighted by atomic mass is 10.1. The van der Waals surface area contributed by atoms with E-state index in [1.54, 1.807) is 24.3 Å². The average molecular weight is 341 g/mol. The summed E-state index contributed by atoms with van der Waals surface area (Å²) in [6.45, 7) is 2.12. The van der Waals surface area contributed by atoms with Gasteiger partial charge in [-0.25, -0.2) is 0 Å². The summed E-state index contributed by atoms with van der Waals surface area (Å²) in [5, 5.41) is 5.83. The highest BCUT2D eigenvalue weighted by atomic mass is 16.7. The monoisotopic (exact) mass is 341 g/mol. The first-order valence-corrected chi connectivity index (χ1v) is 7.86. The predicted molar refractivity (Wildman–Crippen MR) is 92.6 cm³/mol. The number of hydrogen-bond acceptors (Lipinski definition) is 5. The topological polar surface area (TPSA) is 103 Å². The number of primary amides is 1. The van der Waals surface area contributed by atoms with E-state index < -0.39 is 5.91 Å². The molecule has 4 N–H and O–H groups in total. The summed E-state index contributed by atoms with van der Waals surface area (Å²) in [7, 11) is 0. The van der Waals surface area contributed by atoms with Crippen molar-refractivity contribution in [3.8, 4) is 11.5 Å². The Labute approximate surface area is 145 Å². The second-order valence-corrected chi connectivity index (χ2v) is 5.67. The second-order valence-electron chi connectivity index (χ2n) is 5.67. The Morgan fingerprint density at radius 3 is 2.72 bits per heavy atom. The van der Waals surface area contributed by atoms with Gasteiger partial charge in [-0.05, 0) is 36.8 Å². The van der Waals surface area contributed by atoms with E-state index in [4.69, 9.17) is 15.2 Å². The van der Waals surface area contributed by atoms with Crippen molar-refractivity contribution in [3.63, 3.8) is 0 Å². The third-order valence-electron chi connectivity index (χ3n) is 3.91.